The van der Waals surface area contributed by atoms with E-state index in [9.17, 15) is 13.2 Å². The van der Waals surface area contributed by atoms with E-state index in [0.29, 0.717) is 23.5 Å². The van der Waals surface area contributed by atoms with Gasteiger partial charge in [0, 0.05) is 16.9 Å². The molecule has 0 fully saturated rings. The molecule has 0 atom stereocenters. The normalized spacial score (nSPS) is 11.5. The summed E-state index contributed by atoms with van der Waals surface area (Å²) in [6, 6.07) is 22.1. The van der Waals surface area contributed by atoms with E-state index in [2.05, 4.69) is 12.2 Å². The fourth-order valence-corrected chi connectivity index (χ4v) is 6.35. The standard InChI is InChI=1S/C27H28N2O3S2/c1-4-16-29(34(31,32)23-13-10-19(3)11-14-23)22-12-15-25-21(17-22)18-26(33-25)27(30)28-24-9-7-6-8-20(24)5-2/h6-15,17-18H,4-5,16H2,1-3H3,(H,28,30). The van der Waals surface area contributed by atoms with Crippen molar-refractivity contribution in [3.63, 3.8) is 0 Å². The minimum atomic E-state index is -3.70. The SMILES string of the molecule is CCCN(c1ccc2sc(C(=O)Nc3ccccc3CC)cc2c1)S(=O)(=O)c1ccc(C)cc1. The Bertz CT molecular complexity index is 1420. The van der Waals surface area contributed by atoms with Crippen molar-refractivity contribution in [1.82, 2.24) is 0 Å². The molecule has 3 aromatic carbocycles. The molecular formula is C27H28N2O3S2. The van der Waals surface area contributed by atoms with Gasteiger partial charge in [0.2, 0.25) is 0 Å². The van der Waals surface area contributed by atoms with E-state index in [1.807, 2.05) is 62.4 Å². The maximum absolute atomic E-state index is 13.4. The third kappa shape index (κ3) is 4.86. The van der Waals surface area contributed by atoms with Crippen molar-refractivity contribution in [1.29, 1.82) is 0 Å². The van der Waals surface area contributed by atoms with Crippen molar-refractivity contribution >= 4 is 48.7 Å². The number of carbonyl (C=O) groups excluding carboxylic acids is 1. The Morgan fingerprint density at radius 2 is 1.71 bits per heavy atom. The summed E-state index contributed by atoms with van der Waals surface area (Å²) in [5.41, 5.74) is 3.49. The average molecular weight is 493 g/mol. The molecule has 4 aromatic rings. The van der Waals surface area contributed by atoms with Crippen molar-refractivity contribution in [3.8, 4) is 0 Å². The first-order valence-corrected chi connectivity index (χ1v) is 13.6. The second-order valence-corrected chi connectivity index (χ2v) is 11.1. The van der Waals surface area contributed by atoms with Gasteiger partial charge in [-0.2, -0.15) is 0 Å². The molecule has 4 rings (SSSR count). The quantitative estimate of drug-likeness (QED) is 0.300. The molecular weight excluding hydrogens is 464 g/mol. The van der Waals surface area contributed by atoms with Gasteiger partial charge in [0.25, 0.3) is 15.9 Å². The number of hydrogen-bond donors (Lipinski definition) is 1. The predicted molar refractivity (Wildman–Crippen MR) is 142 cm³/mol. The van der Waals surface area contributed by atoms with E-state index >= 15 is 0 Å². The highest BCUT2D eigenvalue weighted by Gasteiger charge is 2.25. The monoisotopic (exact) mass is 492 g/mol. The molecule has 0 saturated carbocycles. The Morgan fingerprint density at radius 1 is 0.971 bits per heavy atom. The highest BCUT2D eigenvalue weighted by Crippen LogP contribution is 2.32. The van der Waals surface area contributed by atoms with Crippen LogP contribution in [0.5, 0.6) is 0 Å². The summed E-state index contributed by atoms with van der Waals surface area (Å²) in [5, 5.41) is 3.86. The van der Waals surface area contributed by atoms with E-state index in [1.54, 1.807) is 24.3 Å². The van der Waals surface area contributed by atoms with E-state index in [0.717, 1.165) is 33.3 Å². The number of carbonyl (C=O) groups is 1. The van der Waals surface area contributed by atoms with Crippen LogP contribution < -0.4 is 9.62 Å². The molecule has 0 unspecified atom stereocenters. The molecule has 0 radical (unpaired) electrons. The number of aryl methyl sites for hydroxylation is 2. The first-order valence-electron chi connectivity index (χ1n) is 11.4. The fraction of sp³-hybridized carbons (Fsp3) is 0.222. The smallest absolute Gasteiger partial charge is 0.265 e. The molecule has 0 spiro atoms. The second kappa shape index (κ2) is 9.99. The molecule has 176 valence electrons. The number of thiophene rings is 1. The topological polar surface area (TPSA) is 66.5 Å². The summed E-state index contributed by atoms with van der Waals surface area (Å²) < 4.78 is 29.2. The lowest BCUT2D eigenvalue weighted by molar-refractivity contribution is 0.103. The number of rotatable bonds is 8. The van der Waals surface area contributed by atoms with Gasteiger partial charge in [0.1, 0.15) is 0 Å². The molecule has 0 aliphatic carbocycles. The van der Waals surface area contributed by atoms with Crippen molar-refractivity contribution < 1.29 is 13.2 Å². The van der Waals surface area contributed by atoms with Crippen molar-refractivity contribution in [3.05, 3.63) is 88.8 Å². The molecule has 34 heavy (non-hydrogen) atoms. The minimum Gasteiger partial charge on any atom is -0.321 e. The molecule has 0 bridgehead atoms. The molecule has 5 nitrogen and oxygen atoms in total. The maximum Gasteiger partial charge on any atom is 0.265 e. The summed E-state index contributed by atoms with van der Waals surface area (Å²) in [5.74, 6) is -0.165. The van der Waals surface area contributed by atoms with Crippen molar-refractivity contribution in [2.24, 2.45) is 0 Å². The number of nitrogens with zero attached hydrogens (tertiary/aromatic N) is 1. The van der Waals surface area contributed by atoms with Gasteiger partial charge >= 0.3 is 0 Å². The van der Waals surface area contributed by atoms with E-state index < -0.39 is 10.0 Å². The van der Waals surface area contributed by atoms with Gasteiger partial charge in [-0.1, -0.05) is 49.7 Å². The number of fused-ring (bicyclic) bond motifs is 1. The lowest BCUT2D eigenvalue weighted by Gasteiger charge is -2.24. The lowest BCUT2D eigenvalue weighted by Crippen LogP contribution is -2.31. The predicted octanol–water partition coefficient (Wildman–Crippen LogP) is 6.63. The summed E-state index contributed by atoms with van der Waals surface area (Å²) in [6.07, 6.45) is 1.51. The molecule has 0 saturated heterocycles. The number of nitrogens with one attached hydrogen (secondary N) is 1. The largest absolute Gasteiger partial charge is 0.321 e. The summed E-state index contributed by atoms with van der Waals surface area (Å²) in [4.78, 5) is 13.8. The van der Waals surface area contributed by atoms with Gasteiger partial charge in [0.15, 0.2) is 0 Å². The maximum atomic E-state index is 13.4. The Morgan fingerprint density at radius 3 is 2.41 bits per heavy atom. The van der Waals surface area contributed by atoms with Crippen LogP contribution in [0, 0.1) is 6.92 Å². The molecule has 0 aliphatic rings. The number of para-hydroxylation sites is 1. The van der Waals surface area contributed by atoms with E-state index in [4.69, 9.17) is 0 Å². The van der Waals surface area contributed by atoms with Crippen LogP contribution in [0.1, 0.15) is 41.1 Å². The molecule has 7 heteroatoms. The zero-order valence-electron chi connectivity index (χ0n) is 19.5. The average Bonchev–Trinajstić information content (AvgIpc) is 3.26. The highest BCUT2D eigenvalue weighted by atomic mass is 32.2. The summed E-state index contributed by atoms with van der Waals surface area (Å²) in [6.45, 7) is 6.31. The number of hydrogen-bond acceptors (Lipinski definition) is 4. The Balaban J connectivity index is 1.66. The second-order valence-electron chi connectivity index (χ2n) is 8.19. The summed E-state index contributed by atoms with van der Waals surface area (Å²) in [7, 11) is -3.70. The molecule has 0 aliphatic heterocycles. The number of amides is 1. The van der Waals surface area contributed by atoms with E-state index in [-0.39, 0.29) is 10.8 Å². The lowest BCUT2D eigenvalue weighted by atomic mass is 10.1. The fourth-order valence-electron chi connectivity index (χ4n) is 3.86. The minimum absolute atomic E-state index is 0.165. The van der Waals surface area contributed by atoms with Crippen LogP contribution in [0.2, 0.25) is 0 Å². The van der Waals surface area contributed by atoms with Crippen LogP contribution in [0.15, 0.2) is 77.7 Å². The zero-order valence-corrected chi connectivity index (χ0v) is 21.2. The van der Waals surface area contributed by atoms with Gasteiger partial charge in [-0.15, -0.1) is 11.3 Å². The molecule has 1 N–H and O–H groups in total. The van der Waals surface area contributed by atoms with Gasteiger partial charge in [-0.25, -0.2) is 8.42 Å². The number of benzene rings is 3. The Kier molecular flexibility index (Phi) is 7.05. The van der Waals surface area contributed by atoms with Crippen LogP contribution >= 0.6 is 11.3 Å². The van der Waals surface area contributed by atoms with Gasteiger partial charge < -0.3 is 5.32 Å². The molecule has 1 heterocycles. The zero-order chi connectivity index (χ0) is 24.3. The first kappa shape index (κ1) is 24.0. The number of sulfonamides is 1. The van der Waals surface area contributed by atoms with Crippen LogP contribution in [-0.2, 0) is 16.4 Å². The van der Waals surface area contributed by atoms with E-state index in [1.165, 1.54) is 15.6 Å². The van der Waals surface area contributed by atoms with Crippen LogP contribution in [0.4, 0.5) is 11.4 Å². The van der Waals surface area contributed by atoms with Gasteiger partial charge in [-0.05, 0) is 73.2 Å². The van der Waals surface area contributed by atoms with Crippen molar-refractivity contribution in [2.75, 3.05) is 16.2 Å². The van der Waals surface area contributed by atoms with Crippen molar-refractivity contribution in [2.45, 2.75) is 38.5 Å². The molecule has 1 amide bonds. The highest BCUT2D eigenvalue weighted by molar-refractivity contribution is 7.92. The Labute approximate surface area is 205 Å². The van der Waals surface area contributed by atoms with Gasteiger partial charge in [-0.3, -0.25) is 9.10 Å². The first-order chi connectivity index (χ1) is 16.3. The summed E-state index contributed by atoms with van der Waals surface area (Å²) >= 11 is 1.40. The molecule has 1 aromatic heterocycles. The third-order valence-electron chi connectivity index (χ3n) is 5.69. The van der Waals surface area contributed by atoms with Gasteiger partial charge in [0.05, 0.1) is 15.5 Å². The Hall–Kier alpha value is -3.16. The third-order valence-corrected chi connectivity index (χ3v) is 8.65. The van der Waals surface area contributed by atoms with Crippen LogP contribution in [-0.4, -0.2) is 20.9 Å². The van der Waals surface area contributed by atoms with Crippen LogP contribution in [0.3, 0.4) is 0 Å². The number of anilines is 2. The van der Waals surface area contributed by atoms with Crippen LogP contribution in [0.25, 0.3) is 10.1 Å².